The van der Waals surface area contributed by atoms with E-state index in [1.165, 1.54) is 0 Å². The first-order valence-electron chi connectivity index (χ1n) is 4.67. The van der Waals surface area contributed by atoms with Crippen molar-refractivity contribution in [3.05, 3.63) is 29.8 Å². The Morgan fingerprint density at radius 1 is 1.43 bits per heavy atom. The molecule has 0 spiro atoms. The van der Waals surface area contributed by atoms with E-state index in [0.717, 1.165) is 17.9 Å². The van der Waals surface area contributed by atoms with E-state index in [1.54, 1.807) is 7.11 Å². The summed E-state index contributed by atoms with van der Waals surface area (Å²) in [5.74, 6) is 0.858. The van der Waals surface area contributed by atoms with E-state index >= 15 is 0 Å². The summed E-state index contributed by atoms with van der Waals surface area (Å²) in [6.07, 6.45) is 0. The Balaban J connectivity index is 2.73. The van der Waals surface area contributed by atoms with Crippen molar-refractivity contribution in [2.24, 2.45) is 5.73 Å². The van der Waals surface area contributed by atoms with Crippen LogP contribution in [-0.4, -0.2) is 32.6 Å². The Hall–Kier alpha value is -1.06. The molecule has 0 heterocycles. The summed E-state index contributed by atoms with van der Waals surface area (Å²) in [6, 6.07) is 7.93. The fourth-order valence-electron chi connectivity index (χ4n) is 1.37. The first-order chi connectivity index (χ1) is 6.63. The minimum Gasteiger partial charge on any atom is -0.497 e. The van der Waals surface area contributed by atoms with Gasteiger partial charge in [0.15, 0.2) is 0 Å². The minimum absolute atomic E-state index is 0.0418. The molecule has 1 atom stereocenters. The molecule has 1 aromatic carbocycles. The van der Waals surface area contributed by atoms with Gasteiger partial charge in [0, 0.05) is 12.6 Å². The number of nitrogens with zero attached hydrogens (tertiary/aromatic N) is 1. The van der Waals surface area contributed by atoms with Gasteiger partial charge in [0.2, 0.25) is 0 Å². The SMILES string of the molecule is COc1cccc(C(N)CN(C)C)c1. The Labute approximate surface area is 85.5 Å². The van der Waals surface area contributed by atoms with Crippen LogP contribution in [0.2, 0.25) is 0 Å². The average Bonchev–Trinajstić information content (AvgIpc) is 2.17. The van der Waals surface area contributed by atoms with Crippen molar-refractivity contribution in [2.75, 3.05) is 27.7 Å². The van der Waals surface area contributed by atoms with Gasteiger partial charge in [-0.3, -0.25) is 0 Å². The molecule has 0 bridgehead atoms. The molecule has 3 heteroatoms. The predicted octanol–water partition coefficient (Wildman–Crippen LogP) is 1.26. The monoisotopic (exact) mass is 194 g/mol. The predicted molar refractivity (Wildman–Crippen MR) is 58.5 cm³/mol. The molecule has 14 heavy (non-hydrogen) atoms. The summed E-state index contributed by atoms with van der Waals surface area (Å²) in [5, 5.41) is 0. The lowest BCUT2D eigenvalue weighted by Gasteiger charge is -2.17. The van der Waals surface area contributed by atoms with Crippen LogP contribution < -0.4 is 10.5 Å². The van der Waals surface area contributed by atoms with Crippen molar-refractivity contribution in [3.8, 4) is 5.75 Å². The quantitative estimate of drug-likeness (QED) is 0.784. The topological polar surface area (TPSA) is 38.5 Å². The molecule has 0 aliphatic carbocycles. The number of likely N-dealkylation sites (N-methyl/N-ethyl adjacent to an activating group) is 1. The third kappa shape index (κ3) is 3.01. The fourth-order valence-corrected chi connectivity index (χ4v) is 1.37. The second-order valence-corrected chi connectivity index (χ2v) is 3.65. The smallest absolute Gasteiger partial charge is 0.119 e. The van der Waals surface area contributed by atoms with Gasteiger partial charge in [-0.15, -0.1) is 0 Å². The molecular formula is C11H18N2O. The standard InChI is InChI=1S/C11H18N2O/c1-13(2)8-11(12)9-5-4-6-10(7-9)14-3/h4-7,11H,8,12H2,1-3H3. The summed E-state index contributed by atoms with van der Waals surface area (Å²) < 4.78 is 5.14. The van der Waals surface area contributed by atoms with Crippen LogP contribution in [0.3, 0.4) is 0 Å². The number of rotatable bonds is 4. The van der Waals surface area contributed by atoms with Crippen LogP contribution in [0, 0.1) is 0 Å². The molecule has 1 unspecified atom stereocenters. The molecule has 1 rings (SSSR count). The zero-order valence-corrected chi connectivity index (χ0v) is 9.03. The molecule has 0 saturated carbocycles. The normalized spacial score (nSPS) is 12.9. The maximum absolute atomic E-state index is 6.02. The Bertz CT molecular complexity index is 286. The molecule has 2 N–H and O–H groups in total. The summed E-state index contributed by atoms with van der Waals surface area (Å²) in [6.45, 7) is 0.840. The number of nitrogens with two attached hydrogens (primary N) is 1. The molecule has 0 radical (unpaired) electrons. The highest BCUT2D eigenvalue weighted by Gasteiger charge is 2.07. The summed E-state index contributed by atoms with van der Waals surface area (Å²) in [5.41, 5.74) is 7.13. The summed E-state index contributed by atoms with van der Waals surface area (Å²) in [4.78, 5) is 2.07. The van der Waals surface area contributed by atoms with Gasteiger partial charge in [-0.25, -0.2) is 0 Å². The van der Waals surface area contributed by atoms with Crippen LogP contribution in [-0.2, 0) is 0 Å². The molecule has 1 aromatic rings. The van der Waals surface area contributed by atoms with Crippen molar-refractivity contribution in [2.45, 2.75) is 6.04 Å². The highest BCUT2D eigenvalue weighted by Crippen LogP contribution is 2.17. The first-order valence-corrected chi connectivity index (χ1v) is 4.67. The number of methoxy groups -OCH3 is 1. The highest BCUT2D eigenvalue weighted by molar-refractivity contribution is 5.30. The van der Waals surface area contributed by atoms with Crippen molar-refractivity contribution < 1.29 is 4.74 Å². The maximum atomic E-state index is 6.02. The molecule has 0 aliphatic heterocycles. The lowest BCUT2D eigenvalue weighted by molar-refractivity contribution is 0.375. The van der Waals surface area contributed by atoms with Gasteiger partial charge in [0.25, 0.3) is 0 Å². The number of hydrogen-bond acceptors (Lipinski definition) is 3. The highest BCUT2D eigenvalue weighted by atomic mass is 16.5. The summed E-state index contributed by atoms with van der Waals surface area (Å²) >= 11 is 0. The first kappa shape index (κ1) is 11.0. The molecule has 3 nitrogen and oxygen atoms in total. The van der Waals surface area contributed by atoms with E-state index in [0.29, 0.717) is 0 Å². The molecule has 78 valence electrons. The van der Waals surface area contributed by atoms with Crippen LogP contribution in [0.25, 0.3) is 0 Å². The van der Waals surface area contributed by atoms with E-state index < -0.39 is 0 Å². The number of ether oxygens (including phenoxy) is 1. The molecule has 0 amide bonds. The molecule has 0 aromatic heterocycles. The zero-order chi connectivity index (χ0) is 10.6. The van der Waals surface area contributed by atoms with Crippen molar-refractivity contribution in [1.82, 2.24) is 4.90 Å². The van der Waals surface area contributed by atoms with Crippen molar-refractivity contribution >= 4 is 0 Å². The minimum atomic E-state index is 0.0418. The summed E-state index contributed by atoms with van der Waals surface area (Å²) in [7, 11) is 5.69. The van der Waals surface area contributed by atoms with Gasteiger partial charge >= 0.3 is 0 Å². The van der Waals surface area contributed by atoms with Crippen LogP contribution in [0.4, 0.5) is 0 Å². The van der Waals surface area contributed by atoms with Gasteiger partial charge in [-0.2, -0.15) is 0 Å². The lowest BCUT2D eigenvalue weighted by Crippen LogP contribution is -2.25. The molecule has 0 fully saturated rings. The Kier molecular flexibility index (Phi) is 3.92. The van der Waals surface area contributed by atoms with Gasteiger partial charge < -0.3 is 15.4 Å². The third-order valence-electron chi connectivity index (χ3n) is 2.08. The Morgan fingerprint density at radius 2 is 2.14 bits per heavy atom. The average molecular weight is 194 g/mol. The van der Waals surface area contributed by atoms with Crippen molar-refractivity contribution in [3.63, 3.8) is 0 Å². The van der Waals surface area contributed by atoms with Crippen molar-refractivity contribution in [1.29, 1.82) is 0 Å². The number of hydrogen-bond donors (Lipinski definition) is 1. The molecular weight excluding hydrogens is 176 g/mol. The molecule has 0 saturated heterocycles. The third-order valence-corrected chi connectivity index (χ3v) is 2.08. The fraction of sp³-hybridized carbons (Fsp3) is 0.455. The largest absolute Gasteiger partial charge is 0.497 e. The second kappa shape index (κ2) is 4.98. The maximum Gasteiger partial charge on any atom is 0.119 e. The van der Waals surface area contributed by atoms with Crippen LogP contribution >= 0.6 is 0 Å². The van der Waals surface area contributed by atoms with E-state index in [9.17, 15) is 0 Å². The molecule has 0 aliphatic rings. The number of benzene rings is 1. The Morgan fingerprint density at radius 3 is 2.71 bits per heavy atom. The van der Waals surface area contributed by atoms with Crippen LogP contribution in [0.5, 0.6) is 5.75 Å². The van der Waals surface area contributed by atoms with E-state index in [4.69, 9.17) is 10.5 Å². The second-order valence-electron chi connectivity index (χ2n) is 3.65. The van der Waals surface area contributed by atoms with Gasteiger partial charge in [-0.05, 0) is 31.8 Å². The zero-order valence-electron chi connectivity index (χ0n) is 9.03. The van der Waals surface area contributed by atoms with Gasteiger partial charge in [-0.1, -0.05) is 12.1 Å². The van der Waals surface area contributed by atoms with E-state index in [2.05, 4.69) is 4.90 Å². The van der Waals surface area contributed by atoms with Crippen LogP contribution in [0.15, 0.2) is 24.3 Å². The van der Waals surface area contributed by atoms with E-state index in [1.807, 2.05) is 38.4 Å². The van der Waals surface area contributed by atoms with E-state index in [-0.39, 0.29) is 6.04 Å². The van der Waals surface area contributed by atoms with Gasteiger partial charge in [0.05, 0.1) is 7.11 Å². The van der Waals surface area contributed by atoms with Gasteiger partial charge in [0.1, 0.15) is 5.75 Å². The van der Waals surface area contributed by atoms with Crippen LogP contribution in [0.1, 0.15) is 11.6 Å². The lowest BCUT2D eigenvalue weighted by atomic mass is 10.1.